The van der Waals surface area contributed by atoms with Gasteiger partial charge in [0.25, 0.3) is 5.19 Å². The van der Waals surface area contributed by atoms with Crippen LogP contribution in [0.4, 0.5) is 0 Å². The Hall–Kier alpha value is -0.680. The summed E-state index contributed by atoms with van der Waals surface area (Å²) in [4.78, 5) is 0. The average Bonchev–Trinajstić information content (AvgIpc) is 2.60. The van der Waals surface area contributed by atoms with E-state index in [-0.39, 0.29) is 6.61 Å². The van der Waals surface area contributed by atoms with Gasteiger partial charge in [-0.25, -0.2) is 0 Å². The molecule has 13 heavy (non-hydrogen) atoms. The molecule has 0 bridgehead atoms. The third-order valence-corrected chi connectivity index (χ3v) is 2.38. The number of aromatic nitrogens is 2. The maximum absolute atomic E-state index is 8.71. The molecule has 0 aliphatic carbocycles. The van der Waals surface area contributed by atoms with Gasteiger partial charge in [0.2, 0.25) is 0 Å². The van der Waals surface area contributed by atoms with E-state index < -0.39 is 0 Å². The van der Waals surface area contributed by atoms with Crippen LogP contribution in [0.2, 0.25) is 0 Å². The summed E-state index contributed by atoms with van der Waals surface area (Å²) >= 11 is 1.30. The van der Waals surface area contributed by atoms with E-state index in [1.165, 1.54) is 24.2 Å². The Balaban J connectivity index is 2.20. The molecule has 1 aromatic heterocycles. The van der Waals surface area contributed by atoms with Gasteiger partial charge in [-0.15, -0.1) is 5.10 Å². The number of aliphatic hydroxyl groups excluding tert-OH is 1. The van der Waals surface area contributed by atoms with Crippen LogP contribution >= 0.6 is 11.3 Å². The average molecular weight is 202 g/mol. The Labute approximate surface area is 81.6 Å². The van der Waals surface area contributed by atoms with E-state index in [0.29, 0.717) is 16.8 Å². The van der Waals surface area contributed by atoms with E-state index in [4.69, 9.17) is 9.84 Å². The summed E-state index contributed by atoms with van der Waals surface area (Å²) in [6.07, 6.45) is 3.40. The molecule has 0 spiro atoms. The number of hydrogen-bond donors (Lipinski definition) is 1. The van der Waals surface area contributed by atoms with Gasteiger partial charge in [-0.1, -0.05) is 36.2 Å². The lowest BCUT2D eigenvalue weighted by Crippen LogP contribution is -1.96. The minimum Gasteiger partial charge on any atom is -0.469 e. The van der Waals surface area contributed by atoms with Gasteiger partial charge >= 0.3 is 0 Å². The van der Waals surface area contributed by atoms with E-state index >= 15 is 0 Å². The zero-order chi connectivity index (χ0) is 9.52. The maximum atomic E-state index is 8.71. The first-order chi connectivity index (χ1) is 6.36. The first kappa shape index (κ1) is 10.4. The van der Waals surface area contributed by atoms with Crippen LogP contribution < -0.4 is 4.74 Å². The second-order valence-corrected chi connectivity index (χ2v) is 3.70. The fraction of sp³-hybridized carbons (Fsp3) is 0.750. The number of hydrogen-bond acceptors (Lipinski definition) is 5. The van der Waals surface area contributed by atoms with E-state index in [9.17, 15) is 0 Å². The van der Waals surface area contributed by atoms with Gasteiger partial charge in [0, 0.05) is 0 Å². The summed E-state index contributed by atoms with van der Waals surface area (Å²) in [5.74, 6) is 0. The van der Waals surface area contributed by atoms with Crippen molar-refractivity contribution < 1.29 is 9.84 Å². The summed E-state index contributed by atoms with van der Waals surface area (Å²) < 4.78 is 5.32. The number of nitrogens with zero attached hydrogens (tertiary/aromatic N) is 2. The van der Waals surface area contributed by atoms with Crippen molar-refractivity contribution >= 4 is 11.3 Å². The topological polar surface area (TPSA) is 55.2 Å². The Morgan fingerprint density at radius 2 is 2.23 bits per heavy atom. The molecule has 0 aliphatic heterocycles. The molecule has 0 amide bonds. The van der Waals surface area contributed by atoms with Crippen molar-refractivity contribution in [3.8, 4) is 5.19 Å². The van der Waals surface area contributed by atoms with Crippen LogP contribution in [-0.2, 0) is 6.61 Å². The quantitative estimate of drug-likeness (QED) is 0.712. The monoisotopic (exact) mass is 202 g/mol. The molecule has 74 valence electrons. The molecule has 0 fully saturated rings. The van der Waals surface area contributed by atoms with Crippen molar-refractivity contribution in [2.24, 2.45) is 0 Å². The van der Waals surface area contributed by atoms with Crippen LogP contribution in [0, 0.1) is 0 Å². The highest BCUT2D eigenvalue weighted by Crippen LogP contribution is 2.17. The second-order valence-electron chi connectivity index (χ2n) is 2.68. The third kappa shape index (κ3) is 3.69. The van der Waals surface area contributed by atoms with E-state index in [1.807, 2.05) is 0 Å². The molecule has 0 aliphatic rings. The standard InChI is InChI=1S/C8H14N2O2S/c1-2-3-4-5-12-8-10-9-7(6-11)13-8/h11H,2-6H2,1H3. The van der Waals surface area contributed by atoms with Gasteiger partial charge in [-0.3, -0.25) is 0 Å². The highest BCUT2D eigenvalue weighted by molar-refractivity contribution is 7.13. The summed E-state index contributed by atoms with van der Waals surface area (Å²) in [5, 5.41) is 17.4. The number of ether oxygens (including phenoxy) is 1. The molecule has 5 heteroatoms. The van der Waals surface area contributed by atoms with Crippen molar-refractivity contribution in [3.63, 3.8) is 0 Å². The second kappa shape index (κ2) is 5.88. The normalized spacial score (nSPS) is 10.3. The molecule has 1 heterocycles. The van der Waals surface area contributed by atoms with Gasteiger partial charge in [0.15, 0.2) is 0 Å². The molecule has 0 aromatic carbocycles. The van der Waals surface area contributed by atoms with Gasteiger partial charge < -0.3 is 9.84 Å². The molecule has 0 unspecified atom stereocenters. The van der Waals surface area contributed by atoms with Gasteiger partial charge in [0.1, 0.15) is 5.01 Å². The minimum absolute atomic E-state index is 0.0595. The van der Waals surface area contributed by atoms with E-state index in [0.717, 1.165) is 6.42 Å². The van der Waals surface area contributed by atoms with Gasteiger partial charge in [-0.2, -0.15) is 0 Å². The number of rotatable bonds is 6. The Kier molecular flexibility index (Phi) is 4.70. The van der Waals surface area contributed by atoms with Crippen LogP contribution in [0.3, 0.4) is 0 Å². The smallest absolute Gasteiger partial charge is 0.294 e. The molecule has 1 N–H and O–H groups in total. The van der Waals surface area contributed by atoms with Crippen LogP contribution in [0.5, 0.6) is 5.19 Å². The Bertz CT molecular complexity index is 240. The highest BCUT2D eigenvalue weighted by atomic mass is 32.1. The van der Waals surface area contributed by atoms with E-state index in [2.05, 4.69) is 17.1 Å². The molecule has 0 atom stereocenters. The van der Waals surface area contributed by atoms with Crippen LogP contribution in [-0.4, -0.2) is 21.9 Å². The fourth-order valence-corrected chi connectivity index (χ4v) is 1.44. The lowest BCUT2D eigenvalue weighted by Gasteiger charge is -1.98. The highest BCUT2D eigenvalue weighted by Gasteiger charge is 2.02. The largest absolute Gasteiger partial charge is 0.469 e. The zero-order valence-corrected chi connectivity index (χ0v) is 8.51. The van der Waals surface area contributed by atoms with E-state index in [1.54, 1.807) is 0 Å². The first-order valence-corrected chi connectivity index (χ1v) is 5.24. The lowest BCUT2D eigenvalue weighted by atomic mass is 10.3. The molecule has 0 saturated carbocycles. The van der Waals surface area contributed by atoms with Crippen LogP contribution in [0.1, 0.15) is 31.2 Å². The molecule has 1 rings (SSSR count). The maximum Gasteiger partial charge on any atom is 0.294 e. The molecular formula is C8H14N2O2S. The summed E-state index contributed by atoms with van der Waals surface area (Å²) in [7, 11) is 0. The van der Waals surface area contributed by atoms with Gasteiger partial charge in [0.05, 0.1) is 13.2 Å². The predicted molar refractivity (Wildman–Crippen MR) is 50.9 cm³/mol. The number of aliphatic hydroxyl groups is 1. The SMILES string of the molecule is CCCCCOc1nnc(CO)s1. The fourth-order valence-electron chi connectivity index (χ4n) is 0.872. The van der Waals surface area contributed by atoms with Crippen molar-refractivity contribution in [2.75, 3.05) is 6.61 Å². The Morgan fingerprint density at radius 3 is 2.85 bits per heavy atom. The molecule has 0 saturated heterocycles. The Morgan fingerprint density at radius 1 is 1.38 bits per heavy atom. The van der Waals surface area contributed by atoms with Crippen molar-refractivity contribution in [1.29, 1.82) is 0 Å². The third-order valence-electron chi connectivity index (χ3n) is 1.56. The van der Waals surface area contributed by atoms with Crippen molar-refractivity contribution in [3.05, 3.63) is 5.01 Å². The zero-order valence-electron chi connectivity index (χ0n) is 7.69. The lowest BCUT2D eigenvalue weighted by molar-refractivity contribution is 0.280. The first-order valence-electron chi connectivity index (χ1n) is 4.43. The molecule has 1 aromatic rings. The summed E-state index contributed by atoms with van der Waals surface area (Å²) in [6, 6.07) is 0. The van der Waals surface area contributed by atoms with Crippen molar-refractivity contribution in [2.45, 2.75) is 32.8 Å². The van der Waals surface area contributed by atoms with Crippen LogP contribution in [0.15, 0.2) is 0 Å². The minimum atomic E-state index is -0.0595. The molecular weight excluding hydrogens is 188 g/mol. The van der Waals surface area contributed by atoms with Gasteiger partial charge in [-0.05, 0) is 6.42 Å². The summed E-state index contributed by atoms with van der Waals surface area (Å²) in [5.41, 5.74) is 0. The van der Waals surface area contributed by atoms with Crippen molar-refractivity contribution in [1.82, 2.24) is 10.2 Å². The predicted octanol–water partition coefficient (Wildman–Crippen LogP) is 1.60. The summed E-state index contributed by atoms with van der Waals surface area (Å²) in [6.45, 7) is 2.78. The van der Waals surface area contributed by atoms with Crippen LogP contribution in [0.25, 0.3) is 0 Å². The number of unbranched alkanes of at least 4 members (excludes halogenated alkanes) is 2. The molecule has 4 nitrogen and oxygen atoms in total. The molecule has 0 radical (unpaired) electrons.